The van der Waals surface area contributed by atoms with Crippen LogP contribution in [0.3, 0.4) is 0 Å². The number of fused-ring (bicyclic) bond motifs is 1. The minimum Gasteiger partial charge on any atom is -0.348 e. The van der Waals surface area contributed by atoms with Crippen LogP contribution in [0.2, 0.25) is 0 Å². The summed E-state index contributed by atoms with van der Waals surface area (Å²) in [6, 6.07) is 8.36. The van der Waals surface area contributed by atoms with Crippen molar-refractivity contribution in [1.82, 2.24) is 30.3 Å². The second-order valence-corrected chi connectivity index (χ2v) is 6.97. The van der Waals surface area contributed by atoms with Crippen molar-refractivity contribution in [3.05, 3.63) is 64.4 Å². The molecule has 0 atom stereocenters. The highest BCUT2D eigenvalue weighted by molar-refractivity contribution is 5.91. The Morgan fingerprint density at radius 3 is 2.71 bits per heavy atom. The normalized spacial score (nSPS) is 12.9. The molecule has 3 aromatic rings. The summed E-state index contributed by atoms with van der Waals surface area (Å²) in [5.41, 5.74) is 4.92. The maximum atomic E-state index is 12.2. The number of anilines is 1. The Bertz CT molecular complexity index is 1010. The summed E-state index contributed by atoms with van der Waals surface area (Å²) in [6.07, 6.45) is 1.49. The molecule has 4 rings (SSSR count). The van der Waals surface area contributed by atoms with Gasteiger partial charge in [-0.1, -0.05) is 18.2 Å². The van der Waals surface area contributed by atoms with Crippen molar-refractivity contribution >= 4 is 11.7 Å². The highest BCUT2D eigenvalue weighted by atomic mass is 16.2. The van der Waals surface area contributed by atoms with Crippen LogP contribution in [-0.2, 0) is 26.2 Å². The van der Waals surface area contributed by atoms with Crippen LogP contribution in [0, 0.1) is 13.8 Å². The van der Waals surface area contributed by atoms with Gasteiger partial charge in [0, 0.05) is 31.4 Å². The number of carbonyl (C=O) groups is 1. The second-order valence-electron chi connectivity index (χ2n) is 6.97. The first kappa shape index (κ1) is 18.1. The molecular weight excluding hydrogens is 354 g/mol. The van der Waals surface area contributed by atoms with Crippen LogP contribution in [0.25, 0.3) is 0 Å². The Labute approximate surface area is 163 Å². The third-order valence-electron chi connectivity index (χ3n) is 4.77. The molecule has 0 unspecified atom stereocenters. The second kappa shape index (κ2) is 7.38. The third-order valence-corrected chi connectivity index (χ3v) is 4.77. The molecule has 1 N–H and O–H groups in total. The molecule has 2 aromatic heterocycles. The SMILES string of the molecule is CCn1ncc(C(=O)NCc2ccc3c(c2)CN(c2cc(C)nc(C)n2)C3)n1. The summed E-state index contributed by atoms with van der Waals surface area (Å²) in [5.74, 6) is 1.53. The molecule has 0 aliphatic carbocycles. The van der Waals surface area contributed by atoms with E-state index in [4.69, 9.17) is 0 Å². The highest BCUT2D eigenvalue weighted by Crippen LogP contribution is 2.28. The smallest absolute Gasteiger partial charge is 0.273 e. The Morgan fingerprint density at radius 1 is 1.14 bits per heavy atom. The molecule has 0 fully saturated rings. The van der Waals surface area contributed by atoms with Crippen molar-refractivity contribution in [1.29, 1.82) is 0 Å². The van der Waals surface area contributed by atoms with Crippen LogP contribution < -0.4 is 10.2 Å². The van der Waals surface area contributed by atoms with Gasteiger partial charge in [-0.2, -0.15) is 9.90 Å². The van der Waals surface area contributed by atoms with Gasteiger partial charge in [0.25, 0.3) is 5.91 Å². The maximum Gasteiger partial charge on any atom is 0.273 e. The molecule has 1 aromatic carbocycles. The fourth-order valence-corrected chi connectivity index (χ4v) is 3.41. The average Bonchev–Trinajstić information content (AvgIpc) is 3.31. The van der Waals surface area contributed by atoms with Crippen LogP contribution in [0.15, 0.2) is 30.5 Å². The molecular formula is C20H23N7O. The van der Waals surface area contributed by atoms with Gasteiger partial charge in [0.15, 0.2) is 5.69 Å². The van der Waals surface area contributed by atoms with E-state index in [2.05, 4.69) is 48.6 Å². The summed E-state index contributed by atoms with van der Waals surface area (Å²) in [7, 11) is 0. The van der Waals surface area contributed by atoms with Gasteiger partial charge in [-0.3, -0.25) is 4.79 Å². The lowest BCUT2D eigenvalue weighted by Gasteiger charge is -2.17. The van der Waals surface area contributed by atoms with Gasteiger partial charge in [-0.25, -0.2) is 9.97 Å². The van der Waals surface area contributed by atoms with E-state index in [-0.39, 0.29) is 5.91 Å². The molecule has 8 heteroatoms. The van der Waals surface area contributed by atoms with E-state index in [9.17, 15) is 4.79 Å². The van der Waals surface area contributed by atoms with E-state index in [0.29, 0.717) is 18.8 Å². The highest BCUT2D eigenvalue weighted by Gasteiger charge is 2.21. The fourth-order valence-electron chi connectivity index (χ4n) is 3.41. The van der Waals surface area contributed by atoms with E-state index in [1.807, 2.05) is 26.8 Å². The number of aryl methyl sites for hydroxylation is 3. The van der Waals surface area contributed by atoms with Crippen molar-refractivity contribution in [3.8, 4) is 0 Å². The molecule has 0 radical (unpaired) electrons. The van der Waals surface area contributed by atoms with Crippen molar-refractivity contribution in [2.24, 2.45) is 0 Å². The van der Waals surface area contributed by atoms with Gasteiger partial charge in [0.05, 0.1) is 12.7 Å². The lowest BCUT2D eigenvalue weighted by Crippen LogP contribution is -2.23. The zero-order valence-corrected chi connectivity index (χ0v) is 16.3. The Morgan fingerprint density at radius 2 is 1.96 bits per heavy atom. The minimum absolute atomic E-state index is 0.214. The quantitative estimate of drug-likeness (QED) is 0.733. The zero-order valence-electron chi connectivity index (χ0n) is 16.3. The Hall–Kier alpha value is -3.29. The van der Waals surface area contributed by atoms with Crippen molar-refractivity contribution in [2.45, 2.75) is 47.0 Å². The number of amides is 1. The molecule has 0 saturated heterocycles. The number of aromatic nitrogens is 5. The third kappa shape index (κ3) is 3.71. The molecule has 0 bridgehead atoms. The Kier molecular flexibility index (Phi) is 4.77. The number of hydrogen-bond acceptors (Lipinski definition) is 6. The lowest BCUT2D eigenvalue weighted by molar-refractivity contribution is 0.0945. The number of hydrogen-bond donors (Lipinski definition) is 1. The number of rotatable bonds is 5. The molecule has 144 valence electrons. The van der Waals surface area contributed by atoms with E-state index < -0.39 is 0 Å². The number of benzene rings is 1. The Balaban J connectivity index is 1.42. The molecule has 1 amide bonds. The van der Waals surface area contributed by atoms with Crippen molar-refractivity contribution in [2.75, 3.05) is 4.90 Å². The van der Waals surface area contributed by atoms with Gasteiger partial charge < -0.3 is 10.2 Å². The molecule has 1 aliphatic heterocycles. The van der Waals surface area contributed by atoms with Gasteiger partial charge >= 0.3 is 0 Å². The standard InChI is InChI=1S/C20H23N7O/c1-4-27-22-10-18(25-27)20(28)21-9-15-5-6-16-11-26(12-17(16)8-15)19-7-13(2)23-14(3)24-19/h5-8,10H,4,9,11-12H2,1-3H3,(H,21,28). The number of nitrogens with one attached hydrogen (secondary N) is 1. The molecule has 28 heavy (non-hydrogen) atoms. The molecule has 1 aliphatic rings. The fraction of sp³-hybridized carbons (Fsp3) is 0.350. The molecule has 0 spiro atoms. The number of carbonyl (C=O) groups excluding carboxylic acids is 1. The average molecular weight is 377 g/mol. The first-order chi connectivity index (χ1) is 13.5. The zero-order chi connectivity index (χ0) is 19.7. The van der Waals surface area contributed by atoms with E-state index in [0.717, 1.165) is 36.0 Å². The van der Waals surface area contributed by atoms with Gasteiger partial charge in [0.2, 0.25) is 0 Å². The van der Waals surface area contributed by atoms with E-state index >= 15 is 0 Å². The van der Waals surface area contributed by atoms with Crippen LogP contribution in [-0.4, -0.2) is 30.9 Å². The molecule has 3 heterocycles. The summed E-state index contributed by atoms with van der Waals surface area (Å²) in [5, 5.41) is 11.1. The van der Waals surface area contributed by atoms with Gasteiger partial charge in [-0.05, 0) is 37.5 Å². The molecule has 8 nitrogen and oxygen atoms in total. The monoisotopic (exact) mass is 377 g/mol. The minimum atomic E-state index is -0.214. The first-order valence-electron chi connectivity index (χ1n) is 9.38. The molecule has 0 saturated carbocycles. The van der Waals surface area contributed by atoms with Crippen molar-refractivity contribution in [3.63, 3.8) is 0 Å². The summed E-state index contributed by atoms with van der Waals surface area (Å²) < 4.78 is 0. The van der Waals surface area contributed by atoms with Crippen LogP contribution in [0.1, 0.15) is 45.6 Å². The van der Waals surface area contributed by atoms with Crippen LogP contribution >= 0.6 is 0 Å². The van der Waals surface area contributed by atoms with E-state index in [1.54, 1.807) is 0 Å². The van der Waals surface area contributed by atoms with E-state index in [1.165, 1.54) is 22.1 Å². The van der Waals surface area contributed by atoms with Crippen LogP contribution in [0.4, 0.5) is 5.82 Å². The predicted octanol–water partition coefficient (Wildman–Crippen LogP) is 2.16. The van der Waals surface area contributed by atoms with Crippen LogP contribution in [0.5, 0.6) is 0 Å². The number of nitrogens with zero attached hydrogens (tertiary/aromatic N) is 6. The lowest BCUT2D eigenvalue weighted by atomic mass is 10.1. The van der Waals surface area contributed by atoms with Gasteiger partial charge in [-0.15, -0.1) is 5.10 Å². The topological polar surface area (TPSA) is 88.8 Å². The summed E-state index contributed by atoms with van der Waals surface area (Å²) >= 11 is 0. The summed E-state index contributed by atoms with van der Waals surface area (Å²) in [4.78, 5) is 24.9. The predicted molar refractivity (Wildman–Crippen MR) is 105 cm³/mol. The largest absolute Gasteiger partial charge is 0.348 e. The maximum absolute atomic E-state index is 12.2. The van der Waals surface area contributed by atoms with Crippen molar-refractivity contribution < 1.29 is 4.79 Å². The van der Waals surface area contributed by atoms with Gasteiger partial charge in [0.1, 0.15) is 11.6 Å². The first-order valence-corrected chi connectivity index (χ1v) is 9.38. The summed E-state index contributed by atoms with van der Waals surface area (Å²) in [6.45, 7) is 8.56.